The van der Waals surface area contributed by atoms with Gasteiger partial charge < -0.3 is 16.3 Å². The second-order valence-electron chi connectivity index (χ2n) is 4.37. The third kappa shape index (κ3) is 4.24. The summed E-state index contributed by atoms with van der Waals surface area (Å²) >= 11 is 3.31. The lowest BCUT2D eigenvalue weighted by Gasteiger charge is -2.07. The van der Waals surface area contributed by atoms with Gasteiger partial charge in [0.25, 0.3) is 0 Å². The smallest absolute Gasteiger partial charge is 0.188 e. The quantitative estimate of drug-likeness (QED) is 0.334. The molecular formula is C14H14BrFN4O. The summed E-state index contributed by atoms with van der Waals surface area (Å²) in [4.78, 5) is 3.99. The average molecular weight is 353 g/mol. The molecule has 21 heavy (non-hydrogen) atoms. The van der Waals surface area contributed by atoms with Crippen LogP contribution in [0.25, 0.3) is 0 Å². The highest BCUT2D eigenvalue weighted by Gasteiger charge is 2.04. The number of halogens is 2. The van der Waals surface area contributed by atoms with Gasteiger partial charge >= 0.3 is 0 Å². The second kappa shape index (κ2) is 7.14. The minimum atomic E-state index is -0.252. The van der Waals surface area contributed by atoms with Gasteiger partial charge in [0.05, 0.1) is 0 Å². The van der Waals surface area contributed by atoms with Gasteiger partial charge in [-0.25, -0.2) is 4.39 Å². The van der Waals surface area contributed by atoms with Gasteiger partial charge in [0.1, 0.15) is 11.5 Å². The van der Waals surface area contributed by atoms with Crippen molar-refractivity contribution in [1.82, 2.24) is 10.3 Å². The van der Waals surface area contributed by atoms with Crippen LogP contribution in [0.4, 0.5) is 4.39 Å². The minimum Gasteiger partial charge on any atom is -0.409 e. The summed E-state index contributed by atoms with van der Waals surface area (Å²) in [7, 11) is 0. The molecule has 1 aromatic heterocycles. The minimum absolute atomic E-state index is 0.0464. The molecule has 0 aliphatic carbocycles. The largest absolute Gasteiger partial charge is 0.409 e. The molecule has 2 rings (SSSR count). The third-order valence-corrected chi connectivity index (χ3v) is 3.34. The SMILES string of the molecule is NC(=NO)c1cc(CNCc2cc(Br)ccc2F)ccn1. The lowest BCUT2D eigenvalue weighted by molar-refractivity contribution is 0.318. The van der Waals surface area contributed by atoms with Crippen molar-refractivity contribution >= 4 is 21.8 Å². The number of benzene rings is 1. The van der Waals surface area contributed by atoms with Crippen molar-refractivity contribution in [2.75, 3.05) is 0 Å². The van der Waals surface area contributed by atoms with Crippen LogP contribution in [-0.2, 0) is 13.1 Å². The van der Waals surface area contributed by atoms with Gasteiger partial charge in [-0.1, -0.05) is 21.1 Å². The van der Waals surface area contributed by atoms with E-state index in [9.17, 15) is 4.39 Å². The molecule has 0 radical (unpaired) electrons. The van der Waals surface area contributed by atoms with Crippen molar-refractivity contribution in [3.8, 4) is 0 Å². The van der Waals surface area contributed by atoms with Gasteiger partial charge in [-0.05, 0) is 35.9 Å². The lowest BCUT2D eigenvalue weighted by Crippen LogP contribution is -2.17. The molecule has 0 unspecified atom stereocenters. The number of pyridine rings is 1. The summed E-state index contributed by atoms with van der Waals surface area (Å²) in [6.07, 6.45) is 1.57. The molecule has 4 N–H and O–H groups in total. The van der Waals surface area contributed by atoms with E-state index < -0.39 is 0 Å². The first-order chi connectivity index (χ1) is 10.1. The van der Waals surface area contributed by atoms with Crippen LogP contribution in [0.15, 0.2) is 46.2 Å². The molecule has 2 aromatic rings. The van der Waals surface area contributed by atoms with Crippen LogP contribution in [0.5, 0.6) is 0 Å². The van der Waals surface area contributed by atoms with Crippen LogP contribution in [0.2, 0.25) is 0 Å². The highest BCUT2D eigenvalue weighted by molar-refractivity contribution is 9.10. The second-order valence-corrected chi connectivity index (χ2v) is 5.29. The molecule has 1 aromatic carbocycles. The summed E-state index contributed by atoms with van der Waals surface area (Å²) in [6.45, 7) is 0.909. The summed E-state index contributed by atoms with van der Waals surface area (Å²) in [6, 6.07) is 8.32. The Morgan fingerprint density at radius 1 is 1.33 bits per heavy atom. The van der Waals surface area contributed by atoms with E-state index in [1.165, 1.54) is 6.07 Å². The zero-order chi connectivity index (χ0) is 15.2. The van der Waals surface area contributed by atoms with E-state index in [1.54, 1.807) is 30.5 Å². The molecule has 5 nitrogen and oxygen atoms in total. The molecule has 110 valence electrons. The van der Waals surface area contributed by atoms with Crippen molar-refractivity contribution in [1.29, 1.82) is 0 Å². The fraction of sp³-hybridized carbons (Fsp3) is 0.143. The van der Waals surface area contributed by atoms with Crippen molar-refractivity contribution < 1.29 is 9.60 Å². The zero-order valence-electron chi connectivity index (χ0n) is 11.1. The van der Waals surface area contributed by atoms with Crippen molar-refractivity contribution in [2.24, 2.45) is 10.9 Å². The molecule has 0 amide bonds. The van der Waals surface area contributed by atoms with E-state index in [0.29, 0.717) is 24.3 Å². The van der Waals surface area contributed by atoms with Crippen LogP contribution < -0.4 is 11.1 Å². The lowest BCUT2D eigenvalue weighted by atomic mass is 10.2. The van der Waals surface area contributed by atoms with Crippen LogP contribution >= 0.6 is 15.9 Å². The first kappa shape index (κ1) is 15.4. The molecule has 0 bridgehead atoms. The van der Waals surface area contributed by atoms with E-state index in [-0.39, 0.29) is 11.7 Å². The van der Waals surface area contributed by atoms with Crippen LogP contribution in [0.3, 0.4) is 0 Å². The average Bonchev–Trinajstić information content (AvgIpc) is 2.50. The molecule has 0 fully saturated rings. The van der Waals surface area contributed by atoms with Gasteiger partial charge in [-0.3, -0.25) is 4.98 Å². The number of amidine groups is 1. The molecule has 0 spiro atoms. The Hall–Kier alpha value is -1.99. The number of aromatic nitrogens is 1. The van der Waals surface area contributed by atoms with Gasteiger partial charge in [-0.2, -0.15) is 0 Å². The Balaban J connectivity index is 1.99. The van der Waals surface area contributed by atoms with Gasteiger partial charge in [0.15, 0.2) is 5.84 Å². The maximum absolute atomic E-state index is 13.6. The maximum Gasteiger partial charge on any atom is 0.188 e. The fourth-order valence-corrected chi connectivity index (χ4v) is 2.20. The predicted molar refractivity (Wildman–Crippen MR) is 81.4 cm³/mol. The highest BCUT2D eigenvalue weighted by Crippen LogP contribution is 2.15. The third-order valence-electron chi connectivity index (χ3n) is 2.85. The standard InChI is InChI=1S/C14H14BrFN4O/c15-11-1-2-12(16)10(6-11)8-18-7-9-3-4-19-13(5-9)14(17)20-21/h1-6,18,21H,7-8H2,(H2,17,20). The predicted octanol–water partition coefficient (Wildman–Crippen LogP) is 2.37. The molecule has 7 heteroatoms. The molecule has 0 saturated heterocycles. The van der Waals surface area contributed by atoms with Gasteiger partial charge in [-0.15, -0.1) is 0 Å². The first-order valence-corrected chi connectivity index (χ1v) is 6.97. The molecule has 1 heterocycles. The zero-order valence-corrected chi connectivity index (χ0v) is 12.6. The van der Waals surface area contributed by atoms with E-state index in [0.717, 1.165) is 10.0 Å². The van der Waals surface area contributed by atoms with E-state index in [4.69, 9.17) is 10.9 Å². The monoisotopic (exact) mass is 352 g/mol. The fourth-order valence-electron chi connectivity index (χ4n) is 1.80. The van der Waals surface area contributed by atoms with Crippen molar-refractivity contribution in [3.63, 3.8) is 0 Å². The number of nitrogens with two attached hydrogens (primary N) is 1. The van der Waals surface area contributed by atoms with Crippen LogP contribution in [0, 0.1) is 5.82 Å². The molecule has 0 saturated carbocycles. The Morgan fingerprint density at radius 3 is 2.90 bits per heavy atom. The van der Waals surface area contributed by atoms with Gasteiger partial charge in [0.2, 0.25) is 0 Å². The Bertz CT molecular complexity index is 663. The van der Waals surface area contributed by atoms with E-state index >= 15 is 0 Å². The van der Waals surface area contributed by atoms with E-state index in [1.807, 2.05) is 0 Å². The molecule has 0 atom stereocenters. The number of oxime groups is 1. The summed E-state index contributed by atoms with van der Waals surface area (Å²) in [5.74, 6) is -0.298. The first-order valence-electron chi connectivity index (χ1n) is 6.17. The number of rotatable bonds is 5. The molecule has 0 aliphatic rings. The topological polar surface area (TPSA) is 83.5 Å². The van der Waals surface area contributed by atoms with Crippen LogP contribution in [-0.4, -0.2) is 16.0 Å². The van der Waals surface area contributed by atoms with Crippen molar-refractivity contribution in [2.45, 2.75) is 13.1 Å². The number of nitrogens with one attached hydrogen (secondary N) is 1. The van der Waals surface area contributed by atoms with E-state index in [2.05, 4.69) is 31.4 Å². The molecular weight excluding hydrogens is 339 g/mol. The molecule has 0 aliphatic heterocycles. The summed E-state index contributed by atoms with van der Waals surface area (Å²) in [5, 5.41) is 14.7. The number of hydrogen-bond donors (Lipinski definition) is 3. The Kier molecular flexibility index (Phi) is 5.24. The summed E-state index contributed by atoms with van der Waals surface area (Å²) in [5.41, 5.74) is 7.36. The Labute approximate surface area is 129 Å². The maximum atomic E-state index is 13.6. The Morgan fingerprint density at radius 2 is 2.14 bits per heavy atom. The summed E-state index contributed by atoms with van der Waals surface area (Å²) < 4.78 is 14.4. The number of hydrogen-bond acceptors (Lipinski definition) is 4. The number of nitrogens with zero attached hydrogens (tertiary/aromatic N) is 2. The van der Waals surface area contributed by atoms with Crippen molar-refractivity contribution in [3.05, 3.63) is 63.6 Å². The normalized spacial score (nSPS) is 11.6. The van der Waals surface area contributed by atoms with Crippen LogP contribution in [0.1, 0.15) is 16.8 Å². The van der Waals surface area contributed by atoms with Gasteiger partial charge in [0, 0.05) is 29.3 Å². The highest BCUT2D eigenvalue weighted by atomic mass is 79.9.